The Balaban J connectivity index is 0.00000162. The zero-order valence-electron chi connectivity index (χ0n) is 10.1. The fourth-order valence-corrected chi connectivity index (χ4v) is 2.21. The van der Waals surface area contributed by atoms with Crippen molar-refractivity contribution < 1.29 is 4.79 Å². The van der Waals surface area contributed by atoms with Crippen LogP contribution in [0.2, 0.25) is 0 Å². The number of nitrogens with zero attached hydrogens (tertiary/aromatic N) is 3. The molecule has 18 heavy (non-hydrogen) atoms. The van der Waals surface area contributed by atoms with Crippen LogP contribution in [0.4, 0.5) is 0 Å². The van der Waals surface area contributed by atoms with Crippen LogP contribution in [0.5, 0.6) is 0 Å². The third-order valence-electron chi connectivity index (χ3n) is 2.74. The minimum atomic E-state index is -0.126. The highest BCUT2D eigenvalue weighted by Gasteiger charge is 2.10. The number of hydrogen-bond donors (Lipinski definition) is 2. The number of amides is 1. The van der Waals surface area contributed by atoms with Crippen LogP contribution in [0.15, 0.2) is 6.20 Å². The summed E-state index contributed by atoms with van der Waals surface area (Å²) in [6.07, 6.45) is 2.47. The van der Waals surface area contributed by atoms with Gasteiger partial charge in [-0.15, -0.1) is 12.4 Å². The number of carbonyl (C=O) groups excluding carboxylic acids is 1. The van der Waals surface area contributed by atoms with E-state index in [1.807, 2.05) is 0 Å². The Morgan fingerprint density at radius 2 is 2.28 bits per heavy atom. The quantitative estimate of drug-likeness (QED) is 0.747. The molecule has 1 aromatic rings. The van der Waals surface area contributed by atoms with E-state index in [0.717, 1.165) is 50.9 Å². The summed E-state index contributed by atoms with van der Waals surface area (Å²) in [5, 5.41) is 6.16. The maximum absolute atomic E-state index is 11.5. The van der Waals surface area contributed by atoms with E-state index in [4.69, 9.17) is 0 Å². The Labute approximate surface area is 117 Å². The Hall–Kier alpha value is -0.760. The molecule has 0 radical (unpaired) electrons. The maximum atomic E-state index is 11.5. The second-order valence-corrected chi connectivity index (χ2v) is 4.55. The van der Waals surface area contributed by atoms with Gasteiger partial charge in [-0.25, -0.2) is 0 Å². The lowest BCUT2D eigenvalue weighted by Crippen LogP contribution is -2.44. The highest BCUT2D eigenvalue weighted by molar-refractivity contribution is 6.99. The molecule has 2 heterocycles. The summed E-state index contributed by atoms with van der Waals surface area (Å²) in [4.78, 5) is 13.9. The predicted octanol–water partition coefficient (Wildman–Crippen LogP) is -0.0150. The number of carbonyl (C=O) groups is 1. The van der Waals surface area contributed by atoms with Gasteiger partial charge in [0, 0.05) is 32.7 Å². The third-order valence-corrected chi connectivity index (χ3v) is 3.22. The number of halogens is 1. The van der Waals surface area contributed by atoms with E-state index in [2.05, 4.69) is 24.3 Å². The first-order valence-electron chi connectivity index (χ1n) is 5.85. The van der Waals surface area contributed by atoms with Crippen LogP contribution in [0.3, 0.4) is 0 Å². The summed E-state index contributed by atoms with van der Waals surface area (Å²) in [5.74, 6) is -0.126. The Bertz CT molecular complexity index is 342. The van der Waals surface area contributed by atoms with Gasteiger partial charge in [0.2, 0.25) is 0 Å². The lowest BCUT2D eigenvalue weighted by Gasteiger charge is -2.26. The molecule has 2 rings (SSSR count). The van der Waals surface area contributed by atoms with Crippen molar-refractivity contribution in [3.05, 3.63) is 11.9 Å². The van der Waals surface area contributed by atoms with E-state index < -0.39 is 0 Å². The van der Waals surface area contributed by atoms with Gasteiger partial charge in [0.25, 0.3) is 5.91 Å². The summed E-state index contributed by atoms with van der Waals surface area (Å²) >= 11 is 1.05. The monoisotopic (exact) mass is 291 g/mol. The van der Waals surface area contributed by atoms with E-state index in [0.29, 0.717) is 12.2 Å². The first kappa shape index (κ1) is 15.3. The molecule has 1 aromatic heterocycles. The van der Waals surface area contributed by atoms with Gasteiger partial charge >= 0.3 is 0 Å². The van der Waals surface area contributed by atoms with E-state index in [-0.39, 0.29) is 18.3 Å². The summed E-state index contributed by atoms with van der Waals surface area (Å²) in [7, 11) is 0. The van der Waals surface area contributed by atoms with Gasteiger partial charge in [-0.3, -0.25) is 4.79 Å². The first-order valence-corrected chi connectivity index (χ1v) is 6.58. The molecule has 1 aliphatic heterocycles. The van der Waals surface area contributed by atoms with Crippen molar-refractivity contribution in [2.24, 2.45) is 0 Å². The zero-order chi connectivity index (χ0) is 11.9. The molecule has 1 fully saturated rings. The smallest absolute Gasteiger partial charge is 0.272 e. The molecule has 102 valence electrons. The summed E-state index contributed by atoms with van der Waals surface area (Å²) in [5.41, 5.74) is 0.414. The minimum absolute atomic E-state index is 0. The Morgan fingerprint density at radius 3 is 2.94 bits per heavy atom. The standard InChI is InChI=1S/C10H17N5OS.ClH/c16-10(9-8-13-17-14-9)12-2-1-5-15-6-3-11-4-7-15;/h8,11H,1-7H2,(H,12,16);1H. The molecular formula is C10H18ClN5OS. The lowest BCUT2D eigenvalue weighted by molar-refractivity contribution is 0.0947. The average Bonchev–Trinajstić information content (AvgIpc) is 2.89. The number of piperazine rings is 1. The van der Waals surface area contributed by atoms with Crippen LogP contribution >= 0.6 is 24.1 Å². The fourth-order valence-electron chi connectivity index (χ4n) is 1.79. The van der Waals surface area contributed by atoms with Crippen molar-refractivity contribution in [1.29, 1.82) is 0 Å². The molecule has 0 saturated carbocycles. The molecule has 1 aliphatic rings. The highest BCUT2D eigenvalue weighted by atomic mass is 35.5. The number of nitrogens with one attached hydrogen (secondary N) is 2. The average molecular weight is 292 g/mol. The topological polar surface area (TPSA) is 70.2 Å². The van der Waals surface area contributed by atoms with Crippen molar-refractivity contribution in [2.45, 2.75) is 6.42 Å². The molecule has 0 bridgehead atoms. The van der Waals surface area contributed by atoms with E-state index in [1.165, 1.54) is 6.20 Å². The minimum Gasteiger partial charge on any atom is -0.351 e. The maximum Gasteiger partial charge on any atom is 0.272 e. The van der Waals surface area contributed by atoms with Gasteiger partial charge in [-0.2, -0.15) is 8.75 Å². The van der Waals surface area contributed by atoms with Crippen LogP contribution in [0, 0.1) is 0 Å². The van der Waals surface area contributed by atoms with Crippen molar-refractivity contribution in [2.75, 3.05) is 39.3 Å². The molecule has 0 aliphatic carbocycles. The van der Waals surface area contributed by atoms with Crippen molar-refractivity contribution >= 4 is 30.0 Å². The van der Waals surface area contributed by atoms with Gasteiger partial charge in [0.1, 0.15) is 0 Å². The zero-order valence-corrected chi connectivity index (χ0v) is 11.7. The predicted molar refractivity (Wildman–Crippen MR) is 73.4 cm³/mol. The van der Waals surface area contributed by atoms with Crippen LogP contribution in [-0.2, 0) is 0 Å². The SMILES string of the molecule is Cl.O=C(NCCCN1CCNCC1)c1cnsn1. The van der Waals surface area contributed by atoms with Crippen LogP contribution < -0.4 is 10.6 Å². The van der Waals surface area contributed by atoms with E-state index >= 15 is 0 Å². The van der Waals surface area contributed by atoms with Crippen LogP contribution in [-0.4, -0.2) is 58.8 Å². The Kier molecular flexibility index (Phi) is 7.11. The number of rotatable bonds is 5. The van der Waals surface area contributed by atoms with Crippen molar-refractivity contribution in [1.82, 2.24) is 24.3 Å². The van der Waals surface area contributed by atoms with Crippen molar-refractivity contribution in [3.63, 3.8) is 0 Å². The fraction of sp³-hybridized carbons (Fsp3) is 0.700. The molecule has 0 atom stereocenters. The van der Waals surface area contributed by atoms with Gasteiger partial charge in [-0.05, 0) is 13.0 Å². The lowest BCUT2D eigenvalue weighted by atomic mass is 10.3. The molecule has 0 aromatic carbocycles. The summed E-state index contributed by atoms with van der Waals surface area (Å²) < 4.78 is 7.68. The Morgan fingerprint density at radius 1 is 1.50 bits per heavy atom. The molecule has 0 spiro atoms. The van der Waals surface area contributed by atoms with Crippen LogP contribution in [0.1, 0.15) is 16.9 Å². The van der Waals surface area contributed by atoms with E-state index in [9.17, 15) is 4.79 Å². The van der Waals surface area contributed by atoms with Gasteiger partial charge in [0.05, 0.1) is 17.9 Å². The molecule has 6 nitrogen and oxygen atoms in total. The first-order chi connectivity index (χ1) is 8.36. The number of hydrogen-bond acceptors (Lipinski definition) is 6. The van der Waals surface area contributed by atoms with Crippen molar-refractivity contribution in [3.8, 4) is 0 Å². The summed E-state index contributed by atoms with van der Waals surface area (Å²) in [6, 6.07) is 0. The van der Waals surface area contributed by atoms with Gasteiger partial charge in [-0.1, -0.05) is 0 Å². The molecule has 1 saturated heterocycles. The highest BCUT2D eigenvalue weighted by Crippen LogP contribution is 1.96. The normalized spacial score (nSPS) is 16.0. The number of aromatic nitrogens is 2. The molecule has 8 heteroatoms. The molecule has 1 amide bonds. The summed E-state index contributed by atoms with van der Waals surface area (Å²) in [6.45, 7) is 6.07. The van der Waals surface area contributed by atoms with Gasteiger partial charge < -0.3 is 15.5 Å². The van der Waals surface area contributed by atoms with Crippen LogP contribution in [0.25, 0.3) is 0 Å². The largest absolute Gasteiger partial charge is 0.351 e. The second-order valence-electron chi connectivity index (χ2n) is 3.99. The molecule has 2 N–H and O–H groups in total. The third kappa shape index (κ3) is 4.85. The van der Waals surface area contributed by atoms with E-state index in [1.54, 1.807) is 0 Å². The molecule has 0 unspecified atom stereocenters. The second kappa shape index (κ2) is 8.36. The molecular weight excluding hydrogens is 274 g/mol. The van der Waals surface area contributed by atoms with Gasteiger partial charge in [0.15, 0.2) is 5.69 Å².